The molecule has 0 unspecified atom stereocenters. The SMILES string of the molecule is CCOc1c(Cl)cccc1NC(=O)c1cc2ccccc2c(N=Nc2ccc(S(=O)(=O)O)c(C)c2Cl)c1O. The molecule has 0 aromatic heterocycles. The van der Waals surface area contributed by atoms with Crippen LogP contribution < -0.4 is 10.1 Å². The molecule has 0 aliphatic rings. The maximum atomic E-state index is 13.3. The summed E-state index contributed by atoms with van der Waals surface area (Å²) >= 11 is 12.5. The van der Waals surface area contributed by atoms with Crippen LogP contribution in [0.4, 0.5) is 17.1 Å². The molecule has 0 aliphatic heterocycles. The molecular formula is C26H21Cl2N3O6S. The first-order chi connectivity index (χ1) is 18.0. The molecule has 4 rings (SSSR count). The third kappa shape index (κ3) is 5.44. The molecule has 4 aromatic rings. The molecule has 0 heterocycles. The number of anilines is 1. The van der Waals surface area contributed by atoms with Gasteiger partial charge in [0, 0.05) is 5.39 Å². The quantitative estimate of drug-likeness (QED) is 0.155. The number of fused-ring (bicyclic) bond motifs is 1. The van der Waals surface area contributed by atoms with Crippen LogP contribution in [0.25, 0.3) is 10.8 Å². The van der Waals surface area contributed by atoms with Crippen molar-refractivity contribution in [2.75, 3.05) is 11.9 Å². The summed E-state index contributed by atoms with van der Waals surface area (Å²) in [5.41, 5.74) is 0.414. The number of aromatic hydroxyl groups is 1. The summed E-state index contributed by atoms with van der Waals surface area (Å²) in [6, 6.07) is 15.8. The predicted molar refractivity (Wildman–Crippen MR) is 146 cm³/mol. The maximum Gasteiger partial charge on any atom is 0.294 e. The van der Waals surface area contributed by atoms with Crippen molar-refractivity contribution in [3.8, 4) is 11.5 Å². The molecule has 3 N–H and O–H groups in total. The van der Waals surface area contributed by atoms with Gasteiger partial charge in [0.25, 0.3) is 16.0 Å². The minimum Gasteiger partial charge on any atom is -0.505 e. The maximum absolute atomic E-state index is 13.3. The van der Waals surface area contributed by atoms with E-state index in [1.807, 2.05) is 0 Å². The number of halogens is 2. The molecule has 0 bridgehead atoms. The second kappa shape index (κ2) is 11.0. The second-order valence-electron chi connectivity index (χ2n) is 8.04. The third-order valence-electron chi connectivity index (χ3n) is 5.60. The lowest BCUT2D eigenvalue weighted by Gasteiger charge is -2.14. The van der Waals surface area contributed by atoms with E-state index in [0.29, 0.717) is 33.8 Å². The number of hydrogen-bond donors (Lipinski definition) is 3. The number of phenolic OH excluding ortho intramolecular Hbond substituents is 1. The Kier molecular flexibility index (Phi) is 7.89. The van der Waals surface area contributed by atoms with Gasteiger partial charge >= 0.3 is 0 Å². The van der Waals surface area contributed by atoms with Gasteiger partial charge in [-0.1, -0.05) is 53.5 Å². The van der Waals surface area contributed by atoms with Gasteiger partial charge in [0.15, 0.2) is 11.5 Å². The number of hydrogen-bond acceptors (Lipinski definition) is 7. The standard InChI is InChI=1S/C26H21Cl2N3O6S/c1-3-37-25-18(27)9-6-10-20(25)29-26(33)17-13-15-7-4-5-8-16(15)23(24(17)32)31-30-19-11-12-21(38(34,35)36)14(2)22(19)28/h4-13,32H,3H2,1-2H3,(H,29,33)(H,34,35,36). The molecule has 0 radical (unpaired) electrons. The van der Waals surface area contributed by atoms with E-state index in [0.717, 1.165) is 6.07 Å². The Morgan fingerprint density at radius 1 is 1.05 bits per heavy atom. The monoisotopic (exact) mass is 573 g/mol. The fraction of sp³-hybridized carbons (Fsp3) is 0.115. The molecule has 38 heavy (non-hydrogen) atoms. The molecule has 9 nitrogen and oxygen atoms in total. The average molecular weight is 574 g/mol. The van der Waals surface area contributed by atoms with E-state index >= 15 is 0 Å². The number of nitrogens with zero attached hydrogens (tertiary/aromatic N) is 2. The number of carbonyl (C=O) groups is 1. The Labute approximate surface area is 228 Å². The zero-order chi connectivity index (χ0) is 27.6. The lowest BCUT2D eigenvalue weighted by Crippen LogP contribution is -2.13. The van der Waals surface area contributed by atoms with E-state index in [-0.39, 0.29) is 32.4 Å². The number of amides is 1. The molecule has 0 spiro atoms. The van der Waals surface area contributed by atoms with Crippen molar-refractivity contribution in [2.24, 2.45) is 10.2 Å². The van der Waals surface area contributed by atoms with Crippen LogP contribution in [0.2, 0.25) is 10.0 Å². The van der Waals surface area contributed by atoms with Crippen LogP contribution in [0.15, 0.2) is 75.8 Å². The Morgan fingerprint density at radius 3 is 2.50 bits per heavy atom. The molecule has 0 saturated carbocycles. The fourth-order valence-electron chi connectivity index (χ4n) is 3.79. The van der Waals surface area contributed by atoms with Gasteiger partial charge < -0.3 is 15.2 Å². The highest BCUT2D eigenvalue weighted by molar-refractivity contribution is 7.85. The lowest BCUT2D eigenvalue weighted by atomic mass is 10.0. The molecule has 0 fully saturated rings. The van der Waals surface area contributed by atoms with Gasteiger partial charge in [-0.05, 0) is 55.1 Å². The van der Waals surface area contributed by atoms with E-state index in [4.69, 9.17) is 27.9 Å². The van der Waals surface area contributed by atoms with Crippen molar-refractivity contribution in [2.45, 2.75) is 18.7 Å². The highest BCUT2D eigenvalue weighted by atomic mass is 35.5. The average Bonchev–Trinajstić information content (AvgIpc) is 2.86. The van der Waals surface area contributed by atoms with Crippen molar-refractivity contribution in [1.29, 1.82) is 0 Å². The number of benzene rings is 4. The summed E-state index contributed by atoms with van der Waals surface area (Å²) in [5.74, 6) is -0.782. The molecule has 4 aromatic carbocycles. The van der Waals surface area contributed by atoms with Gasteiger partial charge in [-0.3, -0.25) is 9.35 Å². The minimum absolute atomic E-state index is 0.00282. The largest absolute Gasteiger partial charge is 0.505 e. The van der Waals surface area contributed by atoms with Crippen molar-refractivity contribution >= 4 is 67.1 Å². The van der Waals surface area contributed by atoms with Gasteiger partial charge in [-0.25, -0.2) is 0 Å². The second-order valence-corrected chi connectivity index (χ2v) is 10.2. The Morgan fingerprint density at radius 2 is 1.79 bits per heavy atom. The van der Waals surface area contributed by atoms with Gasteiger partial charge in [-0.2, -0.15) is 8.42 Å². The molecule has 196 valence electrons. The first kappa shape index (κ1) is 27.3. The smallest absolute Gasteiger partial charge is 0.294 e. The summed E-state index contributed by atoms with van der Waals surface area (Å²) in [6.07, 6.45) is 0. The van der Waals surface area contributed by atoms with Crippen LogP contribution in [0.3, 0.4) is 0 Å². The van der Waals surface area contributed by atoms with E-state index < -0.39 is 21.8 Å². The fourth-order valence-corrected chi connectivity index (χ4v) is 5.01. The van der Waals surface area contributed by atoms with Crippen molar-refractivity contribution in [3.63, 3.8) is 0 Å². The summed E-state index contributed by atoms with van der Waals surface area (Å²) in [7, 11) is -4.48. The number of ether oxygens (including phenoxy) is 1. The van der Waals surface area contributed by atoms with Gasteiger partial charge in [0.05, 0.1) is 32.8 Å². The van der Waals surface area contributed by atoms with Crippen molar-refractivity contribution in [3.05, 3.63) is 81.8 Å². The van der Waals surface area contributed by atoms with Crippen LogP contribution in [0, 0.1) is 6.92 Å². The molecular weight excluding hydrogens is 553 g/mol. The highest BCUT2D eigenvalue weighted by Crippen LogP contribution is 2.41. The number of rotatable bonds is 7. The number of phenols is 1. The van der Waals surface area contributed by atoms with Crippen LogP contribution in [0.1, 0.15) is 22.8 Å². The molecule has 0 atom stereocenters. The molecule has 12 heteroatoms. The first-order valence-corrected chi connectivity index (χ1v) is 13.4. The number of azo groups is 1. The minimum atomic E-state index is -4.48. The Balaban J connectivity index is 1.79. The van der Waals surface area contributed by atoms with Crippen LogP contribution >= 0.6 is 23.2 Å². The zero-order valence-corrected chi connectivity index (χ0v) is 22.4. The van der Waals surface area contributed by atoms with Crippen LogP contribution in [-0.4, -0.2) is 30.6 Å². The number of carbonyl (C=O) groups excluding carboxylic acids is 1. The molecule has 0 aliphatic carbocycles. The van der Waals surface area contributed by atoms with E-state index in [1.54, 1.807) is 49.4 Å². The number of para-hydroxylation sites is 1. The van der Waals surface area contributed by atoms with E-state index in [2.05, 4.69) is 15.5 Å². The van der Waals surface area contributed by atoms with E-state index in [1.165, 1.54) is 19.1 Å². The molecule has 1 amide bonds. The first-order valence-electron chi connectivity index (χ1n) is 11.2. The van der Waals surface area contributed by atoms with Crippen molar-refractivity contribution < 1.29 is 27.6 Å². The lowest BCUT2D eigenvalue weighted by molar-refractivity contribution is 0.102. The summed E-state index contributed by atoms with van der Waals surface area (Å²) < 4.78 is 38.0. The van der Waals surface area contributed by atoms with Gasteiger partial charge in [0.1, 0.15) is 11.4 Å². The van der Waals surface area contributed by atoms with Crippen LogP contribution in [0.5, 0.6) is 11.5 Å². The normalized spacial score (nSPS) is 11.7. The Hall–Kier alpha value is -3.70. The zero-order valence-electron chi connectivity index (χ0n) is 20.1. The highest BCUT2D eigenvalue weighted by Gasteiger charge is 2.21. The Bertz CT molecular complexity index is 1710. The van der Waals surface area contributed by atoms with E-state index in [9.17, 15) is 22.9 Å². The summed E-state index contributed by atoms with van der Waals surface area (Å²) in [6.45, 7) is 3.52. The topological polar surface area (TPSA) is 138 Å². The third-order valence-corrected chi connectivity index (χ3v) is 7.37. The number of nitrogens with one attached hydrogen (secondary N) is 1. The summed E-state index contributed by atoms with van der Waals surface area (Å²) in [4.78, 5) is 12.9. The predicted octanol–water partition coefficient (Wildman–Crippen LogP) is 7.47. The van der Waals surface area contributed by atoms with Gasteiger partial charge in [0.2, 0.25) is 0 Å². The molecule has 0 saturated heterocycles. The van der Waals surface area contributed by atoms with Gasteiger partial charge in [-0.15, -0.1) is 10.2 Å². The van der Waals surface area contributed by atoms with Crippen LogP contribution in [-0.2, 0) is 10.1 Å². The summed E-state index contributed by atoms with van der Waals surface area (Å²) in [5, 5.41) is 23.4. The van der Waals surface area contributed by atoms with Crippen molar-refractivity contribution in [1.82, 2.24) is 0 Å².